The third-order valence-corrected chi connectivity index (χ3v) is 2.45. The maximum absolute atomic E-state index is 11.1. The van der Waals surface area contributed by atoms with Gasteiger partial charge >= 0.3 is 0 Å². The first kappa shape index (κ1) is 11.9. The normalized spacial score (nSPS) is 12.1. The van der Waals surface area contributed by atoms with Crippen LogP contribution >= 0.6 is 11.6 Å². The number of nitrogens with two attached hydrogens (primary N) is 1. The van der Waals surface area contributed by atoms with E-state index in [2.05, 4.69) is 5.32 Å². The molecule has 0 spiro atoms. The van der Waals surface area contributed by atoms with Gasteiger partial charge < -0.3 is 11.1 Å². The van der Waals surface area contributed by atoms with E-state index in [9.17, 15) is 4.79 Å². The Bertz CT molecular complexity index is 341. The highest BCUT2D eigenvalue weighted by atomic mass is 35.5. The molecule has 3 N–H and O–H groups in total. The molecular formula is C11H15ClN2O. The number of primary amides is 1. The van der Waals surface area contributed by atoms with Crippen LogP contribution in [0.1, 0.15) is 19.8 Å². The number of hydrogen-bond donors (Lipinski definition) is 2. The summed E-state index contributed by atoms with van der Waals surface area (Å²) in [5, 5.41) is 3.64. The van der Waals surface area contributed by atoms with Crippen LogP contribution < -0.4 is 11.1 Å². The first-order valence-electron chi connectivity index (χ1n) is 4.95. The minimum Gasteiger partial charge on any atom is -0.372 e. The molecule has 3 nitrogen and oxygen atoms in total. The maximum Gasteiger partial charge on any atom is 0.239 e. The number of anilines is 1. The van der Waals surface area contributed by atoms with Crippen LogP contribution in [0.15, 0.2) is 24.3 Å². The second-order valence-corrected chi connectivity index (χ2v) is 3.78. The van der Waals surface area contributed by atoms with Crippen molar-refractivity contribution in [2.45, 2.75) is 25.8 Å². The minimum absolute atomic E-state index is 0.350. The zero-order valence-corrected chi connectivity index (χ0v) is 9.42. The molecule has 0 heterocycles. The van der Waals surface area contributed by atoms with E-state index in [0.717, 1.165) is 12.1 Å². The van der Waals surface area contributed by atoms with E-state index < -0.39 is 0 Å². The molecule has 0 aliphatic rings. The van der Waals surface area contributed by atoms with Gasteiger partial charge in [-0.2, -0.15) is 0 Å². The van der Waals surface area contributed by atoms with Gasteiger partial charge in [0.15, 0.2) is 0 Å². The van der Waals surface area contributed by atoms with Crippen LogP contribution in [0.2, 0.25) is 5.02 Å². The van der Waals surface area contributed by atoms with Crippen molar-refractivity contribution >= 4 is 23.2 Å². The molecule has 0 radical (unpaired) electrons. The number of nitrogens with one attached hydrogen (secondary N) is 1. The third-order valence-electron chi connectivity index (χ3n) is 2.12. The van der Waals surface area contributed by atoms with Crippen molar-refractivity contribution in [3.05, 3.63) is 29.3 Å². The molecular weight excluding hydrogens is 212 g/mol. The van der Waals surface area contributed by atoms with Crippen molar-refractivity contribution in [1.29, 1.82) is 0 Å². The topological polar surface area (TPSA) is 55.1 Å². The van der Waals surface area contributed by atoms with E-state index in [0.29, 0.717) is 11.4 Å². The minimum atomic E-state index is -0.352. The molecule has 1 aromatic carbocycles. The molecule has 1 amide bonds. The van der Waals surface area contributed by atoms with Crippen LogP contribution in [0, 0.1) is 0 Å². The van der Waals surface area contributed by atoms with Crippen LogP contribution in [-0.4, -0.2) is 11.9 Å². The highest BCUT2D eigenvalue weighted by Gasteiger charge is 2.14. The van der Waals surface area contributed by atoms with E-state index >= 15 is 0 Å². The molecule has 1 rings (SSSR count). The average molecular weight is 227 g/mol. The van der Waals surface area contributed by atoms with Gasteiger partial charge in [0.1, 0.15) is 6.04 Å². The largest absolute Gasteiger partial charge is 0.372 e. The Morgan fingerprint density at radius 3 is 2.73 bits per heavy atom. The molecule has 1 unspecified atom stereocenters. The first-order chi connectivity index (χ1) is 7.15. The predicted molar refractivity (Wildman–Crippen MR) is 63.0 cm³/mol. The highest BCUT2D eigenvalue weighted by Crippen LogP contribution is 2.21. The van der Waals surface area contributed by atoms with Crippen LogP contribution in [0.4, 0.5) is 5.69 Å². The molecule has 15 heavy (non-hydrogen) atoms. The lowest BCUT2D eigenvalue weighted by molar-refractivity contribution is -0.118. The summed E-state index contributed by atoms with van der Waals surface area (Å²) in [7, 11) is 0. The van der Waals surface area contributed by atoms with Gasteiger partial charge in [-0.1, -0.05) is 37.1 Å². The number of carbonyl (C=O) groups is 1. The monoisotopic (exact) mass is 226 g/mol. The Balaban J connectivity index is 2.74. The molecule has 0 saturated heterocycles. The van der Waals surface area contributed by atoms with Crippen LogP contribution in [-0.2, 0) is 4.79 Å². The lowest BCUT2D eigenvalue weighted by Gasteiger charge is -2.16. The summed E-state index contributed by atoms with van der Waals surface area (Å²) in [6.45, 7) is 2.00. The molecule has 0 bridgehead atoms. The first-order valence-corrected chi connectivity index (χ1v) is 5.33. The summed E-state index contributed by atoms with van der Waals surface area (Å²) in [4.78, 5) is 11.1. The molecule has 0 fully saturated rings. The van der Waals surface area contributed by atoms with Gasteiger partial charge in [0.2, 0.25) is 5.91 Å². The Labute approximate surface area is 94.6 Å². The Morgan fingerprint density at radius 2 is 2.20 bits per heavy atom. The second-order valence-electron chi connectivity index (χ2n) is 3.37. The van der Waals surface area contributed by atoms with Crippen molar-refractivity contribution in [3.63, 3.8) is 0 Å². The molecule has 0 aromatic heterocycles. The molecule has 1 aromatic rings. The Morgan fingerprint density at radius 1 is 1.53 bits per heavy atom. The highest BCUT2D eigenvalue weighted by molar-refractivity contribution is 6.33. The standard InChI is InChI=1S/C11H15ClN2O/c1-2-5-10(11(13)15)14-9-7-4-3-6-8(9)12/h3-4,6-7,10,14H,2,5H2,1H3,(H2,13,15). The van der Waals surface area contributed by atoms with Crippen molar-refractivity contribution < 1.29 is 4.79 Å². The summed E-state index contributed by atoms with van der Waals surface area (Å²) >= 11 is 5.96. The quantitative estimate of drug-likeness (QED) is 0.810. The SMILES string of the molecule is CCCC(Nc1ccccc1Cl)C(N)=O. The van der Waals surface area contributed by atoms with Crippen LogP contribution in [0.3, 0.4) is 0 Å². The van der Waals surface area contributed by atoms with Gasteiger partial charge in [-0.25, -0.2) is 0 Å². The van der Waals surface area contributed by atoms with Gasteiger partial charge in [-0.05, 0) is 18.6 Å². The molecule has 82 valence electrons. The summed E-state index contributed by atoms with van der Waals surface area (Å²) in [5.41, 5.74) is 6.02. The van der Waals surface area contributed by atoms with E-state index in [1.165, 1.54) is 0 Å². The number of halogens is 1. The fourth-order valence-electron chi connectivity index (χ4n) is 1.34. The van der Waals surface area contributed by atoms with Crippen molar-refractivity contribution in [1.82, 2.24) is 0 Å². The summed E-state index contributed by atoms with van der Waals surface area (Å²) in [6.07, 6.45) is 1.60. The number of rotatable bonds is 5. The molecule has 4 heteroatoms. The smallest absolute Gasteiger partial charge is 0.239 e. The number of para-hydroxylation sites is 1. The van der Waals surface area contributed by atoms with Crippen LogP contribution in [0.5, 0.6) is 0 Å². The summed E-state index contributed by atoms with van der Waals surface area (Å²) in [5.74, 6) is -0.350. The van der Waals surface area contributed by atoms with Crippen molar-refractivity contribution in [3.8, 4) is 0 Å². The molecule has 0 aliphatic carbocycles. The van der Waals surface area contributed by atoms with Gasteiger partial charge in [-0.3, -0.25) is 4.79 Å². The van der Waals surface area contributed by atoms with Crippen molar-refractivity contribution in [2.75, 3.05) is 5.32 Å². The number of carbonyl (C=O) groups excluding carboxylic acids is 1. The number of hydrogen-bond acceptors (Lipinski definition) is 2. The Kier molecular flexibility index (Phi) is 4.43. The number of amides is 1. The summed E-state index contributed by atoms with van der Waals surface area (Å²) in [6, 6.07) is 6.95. The zero-order chi connectivity index (χ0) is 11.3. The Hall–Kier alpha value is -1.22. The fourth-order valence-corrected chi connectivity index (χ4v) is 1.53. The lowest BCUT2D eigenvalue weighted by atomic mass is 10.1. The number of benzene rings is 1. The van der Waals surface area contributed by atoms with Crippen LogP contribution in [0.25, 0.3) is 0 Å². The predicted octanol–water partition coefficient (Wildman–Crippen LogP) is 2.41. The molecule has 0 saturated carbocycles. The third kappa shape index (κ3) is 3.44. The second kappa shape index (κ2) is 5.61. The van der Waals surface area contributed by atoms with E-state index in [1.54, 1.807) is 6.07 Å². The molecule has 0 aliphatic heterocycles. The average Bonchev–Trinajstić information content (AvgIpc) is 2.20. The lowest BCUT2D eigenvalue weighted by Crippen LogP contribution is -2.35. The fraction of sp³-hybridized carbons (Fsp3) is 0.364. The van der Waals surface area contributed by atoms with Gasteiger partial charge in [0.05, 0.1) is 10.7 Å². The van der Waals surface area contributed by atoms with E-state index in [-0.39, 0.29) is 11.9 Å². The van der Waals surface area contributed by atoms with Crippen molar-refractivity contribution in [2.24, 2.45) is 5.73 Å². The van der Waals surface area contributed by atoms with E-state index in [1.807, 2.05) is 25.1 Å². The van der Waals surface area contributed by atoms with Gasteiger partial charge in [0.25, 0.3) is 0 Å². The van der Waals surface area contributed by atoms with E-state index in [4.69, 9.17) is 17.3 Å². The van der Waals surface area contributed by atoms with Gasteiger partial charge in [0, 0.05) is 0 Å². The summed E-state index contributed by atoms with van der Waals surface area (Å²) < 4.78 is 0. The van der Waals surface area contributed by atoms with Gasteiger partial charge in [-0.15, -0.1) is 0 Å². The molecule has 1 atom stereocenters. The zero-order valence-electron chi connectivity index (χ0n) is 8.66. The maximum atomic E-state index is 11.1.